The fourth-order valence-electron chi connectivity index (χ4n) is 3.00. The molecule has 1 saturated carbocycles. The summed E-state index contributed by atoms with van der Waals surface area (Å²) in [5.41, 5.74) is 1.33. The lowest BCUT2D eigenvalue weighted by Gasteiger charge is -2.19. The Balaban J connectivity index is 2.10. The first kappa shape index (κ1) is 17.1. The van der Waals surface area contributed by atoms with Crippen molar-refractivity contribution in [1.29, 1.82) is 0 Å². The monoisotopic (exact) mass is 396 g/mol. The van der Waals surface area contributed by atoms with Gasteiger partial charge in [0.05, 0.1) is 28.4 Å². The summed E-state index contributed by atoms with van der Waals surface area (Å²) in [5.74, 6) is -0.894. The number of carbonyl (C=O) groups is 1. The summed E-state index contributed by atoms with van der Waals surface area (Å²) < 4.78 is 19.2. The molecule has 1 aromatic heterocycles. The predicted molar refractivity (Wildman–Crippen MR) is 92.6 cm³/mol. The molecule has 2 aromatic rings. The van der Waals surface area contributed by atoms with Gasteiger partial charge in [0.2, 0.25) is 0 Å². The van der Waals surface area contributed by atoms with Gasteiger partial charge >= 0.3 is 5.97 Å². The van der Waals surface area contributed by atoms with Gasteiger partial charge in [-0.2, -0.15) is 0 Å². The number of carbonyl (C=O) groups excluding carboxylic acids is 1. The van der Waals surface area contributed by atoms with Crippen LogP contribution in [-0.2, 0) is 4.74 Å². The van der Waals surface area contributed by atoms with Gasteiger partial charge in [-0.25, -0.2) is 9.18 Å². The largest absolute Gasteiger partial charge is 0.462 e. The number of hydrogen-bond donors (Lipinski definition) is 2. The summed E-state index contributed by atoms with van der Waals surface area (Å²) in [4.78, 5) is 16.4. The van der Waals surface area contributed by atoms with Crippen molar-refractivity contribution in [1.82, 2.24) is 4.98 Å². The summed E-state index contributed by atoms with van der Waals surface area (Å²) >= 11 is 3.18. The van der Waals surface area contributed by atoms with E-state index in [0.29, 0.717) is 39.5 Å². The standard InChI is InChI=1S/C17H18BrFN2O3/c1-2-24-17(23)12-8-20-15-7-14(19)13(18)6-11(15)16(12)21-9-3-4-10(22)5-9/h6-10,22H,2-5H2,1H3,(H,20,21). The van der Waals surface area contributed by atoms with E-state index < -0.39 is 11.8 Å². The number of nitrogens with one attached hydrogen (secondary N) is 1. The number of aromatic nitrogens is 1. The van der Waals surface area contributed by atoms with Crippen molar-refractivity contribution >= 4 is 38.5 Å². The molecule has 1 fully saturated rings. The maximum Gasteiger partial charge on any atom is 0.341 e. The zero-order valence-corrected chi connectivity index (χ0v) is 14.8. The average Bonchev–Trinajstić information content (AvgIpc) is 2.94. The van der Waals surface area contributed by atoms with Crippen LogP contribution in [0.5, 0.6) is 0 Å². The lowest BCUT2D eigenvalue weighted by Crippen LogP contribution is -2.20. The van der Waals surface area contributed by atoms with Crippen LogP contribution in [0.4, 0.5) is 10.1 Å². The minimum Gasteiger partial charge on any atom is -0.462 e. The van der Waals surface area contributed by atoms with Gasteiger partial charge in [0.15, 0.2) is 0 Å². The van der Waals surface area contributed by atoms with Crippen molar-refractivity contribution in [3.05, 3.63) is 34.2 Å². The van der Waals surface area contributed by atoms with Gasteiger partial charge in [-0.1, -0.05) is 0 Å². The highest BCUT2D eigenvalue weighted by Crippen LogP contribution is 2.33. The van der Waals surface area contributed by atoms with Crippen LogP contribution in [0.2, 0.25) is 0 Å². The Kier molecular flexibility index (Phi) is 5.01. The number of ether oxygens (including phenoxy) is 1. The zero-order valence-electron chi connectivity index (χ0n) is 13.2. The Morgan fingerprint density at radius 2 is 2.29 bits per heavy atom. The van der Waals surface area contributed by atoms with Crippen molar-refractivity contribution in [2.75, 3.05) is 11.9 Å². The Bertz CT molecular complexity index is 784. The number of aliphatic hydroxyl groups is 1. The van der Waals surface area contributed by atoms with Gasteiger partial charge in [0, 0.05) is 23.7 Å². The first-order valence-corrected chi connectivity index (χ1v) is 8.68. The third kappa shape index (κ3) is 3.37. The van der Waals surface area contributed by atoms with Gasteiger partial charge < -0.3 is 15.2 Å². The highest BCUT2D eigenvalue weighted by Gasteiger charge is 2.26. The van der Waals surface area contributed by atoms with Crippen LogP contribution in [-0.4, -0.2) is 34.8 Å². The lowest BCUT2D eigenvalue weighted by molar-refractivity contribution is 0.0527. The van der Waals surface area contributed by atoms with E-state index in [1.807, 2.05) is 0 Å². The van der Waals surface area contributed by atoms with Crippen LogP contribution in [0.15, 0.2) is 22.8 Å². The molecule has 2 unspecified atom stereocenters. The van der Waals surface area contributed by atoms with E-state index in [-0.39, 0.29) is 18.8 Å². The zero-order chi connectivity index (χ0) is 17.3. The van der Waals surface area contributed by atoms with Crippen molar-refractivity contribution in [2.45, 2.75) is 38.3 Å². The molecule has 5 nitrogen and oxygen atoms in total. The minimum atomic E-state index is -0.478. The Morgan fingerprint density at radius 1 is 1.50 bits per heavy atom. The number of aliphatic hydroxyl groups excluding tert-OH is 1. The summed E-state index contributed by atoms with van der Waals surface area (Å²) in [6.07, 6.45) is 3.19. The van der Waals surface area contributed by atoms with E-state index in [2.05, 4.69) is 26.2 Å². The third-order valence-corrected chi connectivity index (χ3v) is 4.77. The molecule has 1 aliphatic rings. The fraction of sp³-hybridized carbons (Fsp3) is 0.412. The topological polar surface area (TPSA) is 71.5 Å². The lowest BCUT2D eigenvalue weighted by atomic mass is 10.1. The van der Waals surface area contributed by atoms with Crippen LogP contribution < -0.4 is 5.32 Å². The van der Waals surface area contributed by atoms with Crippen molar-refractivity contribution in [2.24, 2.45) is 0 Å². The maximum absolute atomic E-state index is 13.8. The summed E-state index contributed by atoms with van der Waals surface area (Å²) in [6, 6.07) is 2.97. The van der Waals surface area contributed by atoms with E-state index in [1.165, 1.54) is 12.3 Å². The highest BCUT2D eigenvalue weighted by molar-refractivity contribution is 9.10. The Morgan fingerprint density at radius 3 is 2.96 bits per heavy atom. The first-order valence-electron chi connectivity index (χ1n) is 7.89. The number of rotatable bonds is 4. The molecule has 0 saturated heterocycles. The Labute approximate surface area is 147 Å². The summed E-state index contributed by atoms with van der Waals surface area (Å²) in [6.45, 7) is 1.99. The van der Waals surface area contributed by atoms with Gasteiger partial charge in [0.1, 0.15) is 11.4 Å². The normalized spacial score (nSPS) is 20.3. The number of anilines is 1. The number of halogens is 2. The third-order valence-electron chi connectivity index (χ3n) is 4.16. The predicted octanol–water partition coefficient (Wildman–Crippen LogP) is 3.64. The molecule has 0 bridgehead atoms. The number of hydrogen-bond acceptors (Lipinski definition) is 5. The van der Waals surface area contributed by atoms with E-state index in [4.69, 9.17) is 4.74 Å². The smallest absolute Gasteiger partial charge is 0.341 e. The van der Waals surface area contributed by atoms with Gasteiger partial charge in [0.25, 0.3) is 0 Å². The number of fused-ring (bicyclic) bond motifs is 1. The highest BCUT2D eigenvalue weighted by atomic mass is 79.9. The molecule has 0 radical (unpaired) electrons. The van der Waals surface area contributed by atoms with Gasteiger partial charge in [-0.3, -0.25) is 4.98 Å². The second-order valence-electron chi connectivity index (χ2n) is 5.86. The summed E-state index contributed by atoms with van der Waals surface area (Å²) in [5, 5.41) is 13.7. The van der Waals surface area contributed by atoms with Crippen LogP contribution in [0.25, 0.3) is 10.9 Å². The molecule has 1 aliphatic carbocycles. The SMILES string of the molecule is CCOC(=O)c1cnc2cc(F)c(Br)cc2c1NC1CCC(O)C1. The Hall–Kier alpha value is -1.73. The summed E-state index contributed by atoms with van der Waals surface area (Å²) in [7, 11) is 0. The molecule has 0 amide bonds. The van der Waals surface area contributed by atoms with Crippen molar-refractivity contribution < 1.29 is 19.0 Å². The van der Waals surface area contributed by atoms with Crippen LogP contribution >= 0.6 is 15.9 Å². The number of esters is 1. The quantitative estimate of drug-likeness (QED) is 0.771. The number of pyridine rings is 1. The average molecular weight is 397 g/mol. The first-order chi connectivity index (χ1) is 11.5. The van der Waals surface area contributed by atoms with Crippen molar-refractivity contribution in [3.8, 4) is 0 Å². The van der Waals surface area contributed by atoms with E-state index in [1.54, 1.807) is 13.0 Å². The molecule has 1 heterocycles. The molecule has 2 atom stereocenters. The molecule has 128 valence electrons. The molecule has 2 N–H and O–H groups in total. The molecule has 1 aromatic carbocycles. The van der Waals surface area contributed by atoms with Gasteiger partial charge in [-0.05, 0) is 48.2 Å². The molecule has 0 spiro atoms. The number of benzene rings is 1. The molecule has 0 aliphatic heterocycles. The van der Waals surface area contributed by atoms with Crippen LogP contribution in [0, 0.1) is 5.82 Å². The molecular weight excluding hydrogens is 379 g/mol. The van der Waals surface area contributed by atoms with Crippen LogP contribution in [0.1, 0.15) is 36.5 Å². The van der Waals surface area contributed by atoms with E-state index >= 15 is 0 Å². The minimum absolute atomic E-state index is 0.0441. The van der Waals surface area contributed by atoms with Gasteiger partial charge in [-0.15, -0.1) is 0 Å². The van der Waals surface area contributed by atoms with E-state index in [9.17, 15) is 14.3 Å². The molecule has 24 heavy (non-hydrogen) atoms. The maximum atomic E-state index is 13.8. The second kappa shape index (κ2) is 7.03. The van der Waals surface area contributed by atoms with Crippen LogP contribution in [0.3, 0.4) is 0 Å². The van der Waals surface area contributed by atoms with E-state index in [0.717, 1.165) is 6.42 Å². The second-order valence-corrected chi connectivity index (χ2v) is 6.71. The molecule has 3 rings (SSSR count). The molecule has 7 heteroatoms. The fourth-order valence-corrected chi connectivity index (χ4v) is 3.34. The van der Waals surface area contributed by atoms with Crippen molar-refractivity contribution in [3.63, 3.8) is 0 Å². The number of nitrogens with zero attached hydrogens (tertiary/aromatic N) is 1. The molecular formula is C17H18BrFN2O3.